The van der Waals surface area contributed by atoms with Gasteiger partial charge in [0.15, 0.2) is 5.78 Å². The van der Waals surface area contributed by atoms with E-state index in [0.29, 0.717) is 19.3 Å². The number of likely N-dealkylation sites (tertiary alicyclic amines) is 1. The summed E-state index contributed by atoms with van der Waals surface area (Å²) in [6.07, 6.45) is 0.577. The second-order valence-corrected chi connectivity index (χ2v) is 18.3. The zero-order valence-electron chi connectivity index (χ0n) is 39.5. The average molecular weight is 936 g/mol. The molecule has 66 heavy (non-hydrogen) atoms. The van der Waals surface area contributed by atoms with E-state index < -0.39 is 127 Å². The number of carbonyl (C=O) groups is 11. The first kappa shape index (κ1) is 56.4. The van der Waals surface area contributed by atoms with Crippen molar-refractivity contribution in [3.8, 4) is 0 Å². The molecule has 12 N–H and O–H groups in total. The number of Topliss-reactive ketones (excluding diaryl/α,β-unsaturated/α-hetero) is 1. The van der Waals surface area contributed by atoms with Crippen LogP contribution in [0.4, 0.5) is 0 Å². The standard InChI is InChI=1S/C43H73N11O12/c1-22(2)14-29(26(8)55)52-43(66)33-10-9-13-54(33)37(60)21-48-38(61)25(7)49-42(65)32(16-24(5)6)51-36(59)20-47-40(63)31(15-23(3)4)53-41(64)28(11-12-34(44)57)50-35(58)19-46-39(62)30-17-27(56)18-45-30/h22-25,27-33,45,56H,9-21H2,1-8H3,(H2,44,57)(H,46,62)(H,47,63)(H,48,61)(H,49,65)(H,50,58)(H,51,59)(H,52,66)(H,53,64)/t25-,27+,28-,29-,30-,31-,32-,33-/m0/s1. The lowest BCUT2D eigenvalue weighted by Gasteiger charge is -2.27. The highest BCUT2D eigenvalue weighted by Crippen LogP contribution is 2.19. The van der Waals surface area contributed by atoms with Crippen LogP contribution in [0.3, 0.4) is 0 Å². The topological polar surface area (TPSA) is 346 Å². The van der Waals surface area contributed by atoms with Gasteiger partial charge in [0.05, 0.1) is 37.8 Å². The van der Waals surface area contributed by atoms with Gasteiger partial charge in [-0.25, -0.2) is 0 Å². The lowest BCUT2D eigenvalue weighted by Crippen LogP contribution is -2.57. The number of rotatable bonds is 27. The Morgan fingerprint density at radius 2 is 1.17 bits per heavy atom. The highest BCUT2D eigenvalue weighted by molar-refractivity contribution is 5.97. The summed E-state index contributed by atoms with van der Waals surface area (Å²) >= 11 is 0. The molecule has 0 aliphatic carbocycles. The second-order valence-electron chi connectivity index (χ2n) is 18.3. The van der Waals surface area contributed by atoms with Crippen LogP contribution in [-0.4, -0.2) is 156 Å². The lowest BCUT2D eigenvalue weighted by molar-refractivity contribution is -0.139. The van der Waals surface area contributed by atoms with E-state index in [1.807, 2.05) is 13.8 Å². The van der Waals surface area contributed by atoms with E-state index in [-0.39, 0.29) is 68.7 Å². The van der Waals surface area contributed by atoms with Crippen molar-refractivity contribution in [3.05, 3.63) is 0 Å². The van der Waals surface area contributed by atoms with Crippen molar-refractivity contribution in [1.29, 1.82) is 0 Å². The molecule has 2 rings (SSSR count). The van der Waals surface area contributed by atoms with Crippen molar-refractivity contribution in [2.45, 2.75) is 155 Å². The number of nitrogens with one attached hydrogen (secondary N) is 9. The molecule has 0 saturated carbocycles. The molecule has 0 aromatic carbocycles. The van der Waals surface area contributed by atoms with Crippen LogP contribution in [-0.2, 0) is 52.7 Å². The minimum absolute atomic E-state index is 0.101. The van der Waals surface area contributed by atoms with Crippen LogP contribution in [0.5, 0.6) is 0 Å². The average Bonchev–Trinajstić information content (AvgIpc) is 3.91. The Labute approximate surface area is 386 Å². The molecule has 0 spiro atoms. The molecular weight excluding hydrogens is 863 g/mol. The minimum atomic E-state index is -1.34. The maximum Gasteiger partial charge on any atom is 0.243 e. The molecule has 372 valence electrons. The Hall–Kier alpha value is -5.71. The van der Waals surface area contributed by atoms with Gasteiger partial charge in [0.1, 0.15) is 30.2 Å². The van der Waals surface area contributed by atoms with E-state index in [4.69, 9.17) is 5.73 Å². The summed E-state index contributed by atoms with van der Waals surface area (Å²) in [4.78, 5) is 143. The van der Waals surface area contributed by atoms with Gasteiger partial charge in [-0.3, -0.25) is 52.7 Å². The Bertz CT molecular complexity index is 1760. The normalized spacial score (nSPS) is 19.2. The van der Waals surface area contributed by atoms with Gasteiger partial charge in [0.25, 0.3) is 0 Å². The highest BCUT2D eigenvalue weighted by atomic mass is 16.3. The fraction of sp³-hybridized carbons (Fsp3) is 0.744. The van der Waals surface area contributed by atoms with E-state index in [9.17, 15) is 57.8 Å². The molecule has 2 saturated heterocycles. The number of hydrogen-bond donors (Lipinski definition) is 11. The molecule has 10 amide bonds. The predicted molar refractivity (Wildman–Crippen MR) is 239 cm³/mol. The Morgan fingerprint density at radius 1 is 0.636 bits per heavy atom. The number of ketones is 1. The zero-order valence-corrected chi connectivity index (χ0v) is 39.5. The molecule has 2 fully saturated rings. The molecule has 23 nitrogen and oxygen atoms in total. The smallest absolute Gasteiger partial charge is 0.243 e. The van der Waals surface area contributed by atoms with Crippen molar-refractivity contribution in [2.75, 3.05) is 32.7 Å². The van der Waals surface area contributed by atoms with Crippen LogP contribution in [0.1, 0.15) is 107 Å². The SMILES string of the molecule is CC(=O)[C@H](CC(C)C)NC(=O)[C@@H]1CCCN1C(=O)CNC(=O)[C@H](C)NC(=O)[C@H](CC(C)C)NC(=O)CNC(=O)[C@H](CC(C)C)NC(=O)[C@H](CCC(N)=O)NC(=O)CNC(=O)[C@@H]1C[C@@H](O)CN1. The summed E-state index contributed by atoms with van der Waals surface area (Å²) in [6.45, 7) is 12.7. The van der Waals surface area contributed by atoms with E-state index in [1.165, 1.54) is 18.7 Å². The Balaban J connectivity index is 1.98. The molecule has 0 unspecified atom stereocenters. The maximum absolute atomic E-state index is 13.4. The van der Waals surface area contributed by atoms with Crippen molar-refractivity contribution in [1.82, 2.24) is 52.8 Å². The number of aliphatic hydroxyl groups is 1. The van der Waals surface area contributed by atoms with Crippen LogP contribution < -0.4 is 53.6 Å². The Morgan fingerprint density at radius 3 is 1.71 bits per heavy atom. The number of amides is 10. The third kappa shape index (κ3) is 20.2. The van der Waals surface area contributed by atoms with Crippen LogP contribution in [0.15, 0.2) is 0 Å². The van der Waals surface area contributed by atoms with Crippen LogP contribution in [0, 0.1) is 17.8 Å². The van der Waals surface area contributed by atoms with Crippen LogP contribution in [0.25, 0.3) is 0 Å². The third-order valence-electron chi connectivity index (χ3n) is 10.9. The van der Waals surface area contributed by atoms with Gasteiger partial charge in [-0.05, 0) is 76.5 Å². The van der Waals surface area contributed by atoms with Crippen LogP contribution in [0.2, 0.25) is 0 Å². The summed E-state index contributed by atoms with van der Waals surface area (Å²) in [5.74, 6) is -7.07. The Kier molecular flexibility index (Phi) is 23.7. The van der Waals surface area contributed by atoms with Gasteiger partial charge in [0, 0.05) is 19.5 Å². The molecule has 0 bridgehead atoms. The van der Waals surface area contributed by atoms with Gasteiger partial charge in [-0.1, -0.05) is 41.5 Å². The number of β-amino-alcohol motifs (C(OH)–C–C–N with tert-alkyl or cyclic N) is 1. The van der Waals surface area contributed by atoms with Crippen molar-refractivity contribution in [3.63, 3.8) is 0 Å². The van der Waals surface area contributed by atoms with Crippen molar-refractivity contribution >= 4 is 64.9 Å². The van der Waals surface area contributed by atoms with E-state index in [0.717, 1.165) is 0 Å². The monoisotopic (exact) mass is 936 g/mol. The number of hydrogen-bond acceptors (Lipinski definition) is 13. The van der Waals surface area contributed by atoms with Gasteiger partial charge < -0.3 is 63.6 Å². The van der Waals surface area contributed by atoms with Gasteiger partial charge in [-0.15, -0.1) is 0 Å². The summed E-state index contributed by atoms with van der Waals surface area (Å²) < 4.78 is 0. The molecule has 8 atom stereocenters. The minimum Gasteiger partial charge on any atom is -0.392 e. The molecule has 2 aliphatic rings. The predicted octanol–water partition coefficient (Wildman–Crippen LogP) is -3.51. The number of carbonyl (C=O) groups excluding carboxylic acids is 11. The fourth-order valence-electron chi connectivity index (χ4n) is 7.42. The fourth-order valence-corrected chi connectivity index (χ4v) is 7.42. The first-order valence-corrected chi connectivity index (χ1v) is 22.7. The molecular formula is C43H73N11O12. The van der Waals surface area contributed by atoms with Crippen molar-refractivity contribution < 1.29 is 57.8 Å². The van der Waals surface area contributed by atoms with Gasteiger partial charge in [-0.2, -0.15) is 0 Å². The molecule has 0 aromatic rings. The van der Waals surface area contributed by atoms with E-state index in [2.05, 4.69) is 47.9 Å². The number of primary amides is 1. The summed E-state index contributed by atoms with van der Waals surface area (Å²) in [6, 6.07) is -7.02. The largest absolute Gasteiger partial charge is 0.392 e. The summed E-state index contributed by atoms with van der Waals surface area (Å²) in [5.41, 5.74) is 5.29. The molecule has 2 heterocycles. The third-order valence-corrected chi connectivity index (χ3v) is 10.9. The lowest BCUT2D eigenvalue weighted by atomic mass is 10.0. The first-order valence-electron chi connectivity index (χ1n) is 22.7. The quantitative estimate of drug-likeness (QED) is 0.0381. The molecule has 0 aromatic heterocycles. The molecule has 2 aliphatic heterocycles. The molecule has 0 radical (unpaired) electrons. The second kappa shape index (κ2) is 27.7. The van der Waals surface area contributed by atoms with E-state index >= 15 is 0 Å². The van der Waals surface area contributed by atoms with Crippen molar-refractivity contribution in [2.24, 2.45) is 23.5 Å². The maximum atomic E-state index is 13.4. The summed E-state index contributed by atoms with van der Waals surface area (Å²) in [5, 5.41) is 32.7. The number of aliphatic hydroxyl groups excluding tert-OH is 1. The highest BCUT2D eigenvalue weighted by Gasteiger charge is 2.36. The van der Waals surface area contributed by atoms with Crippen LogP contribution >= 0.6 is 0 Å². The van der Waals surface area contributed by atoms with Gasteiger partial charge in [0.2, 0.25) is 59.1 Å². The number of nitrogens with two attached hydrogens (primary N) is 1. The summed E-state index contributed by atoms with van der Waals surface area (Å²) in [7, 11) is 0. The zero-order chi connectivity index (χ0) is 49.8. The first-order chi connectivity index (χ1) is 30.9. The molecule has 23 heteroatoms. The van der Waals surface area contributed by atoms with E-state index in [1.54, 1.807) is 27.7 Å². The number of nitrogens with zero attached hydrogens (tertiary/aromatic N) is 1. The van der Waals surface area contributed by atoms with Gasteiger partial charge >= 0.3 is 0 Å².